The highest BCUT2D eigenvalue weighted by atomic mass is 32.2. The van der Waals surface area contributed by atoms with E-state index in [1.54, 1.807) is 54.8 Å². The van der Waals surface area contributed by atoms with Gasteiger partial charge in [0.2, 0.25) is 0 Å². The Kier molecular flexibility index (Phi) is 7.07. The number of hydrogen-bond acceptors (Lipinski definition) is 11. The van der Waals surface area contributed by atoms with Gasteiger partial charge in [0.05, 0.1) is 17.8 Å². The van der Waals surface area contributed by atoms with Gasteiger partial charge in [0, 0.05) is 5.56 Å². The summed E-state index contributed by atoms with van der Waals surface area (Å²) in [5.74, 6) is -1.26. The number of nitrogens with one attached hydrogen (secondary N) is 1. The summed E-state index contributed by atoms with van der Waals surface area (Å²) >= 11 is 0. The van der Waals surface area contributed by atoms with Crippen LogP contribution in [0.25, 0.3) is 11.2 Å². The second-order valence-electron chi connectivity index (χ2n) is 10.6. The van der Waals surface area contributed by atoms with Crippen LogP contribution in [0.15, 0.2) is 72.1 Å². The van der Waals surface area contributed by atoms with E-state index >= 15 is 0 Å². The van der Waals surface area contributed by atoms with Crippen LogP contribution in [0.1, 0.15) is 36.0 Å². The number of rotatable bonds is 8. The first kappa shape index (κ1) is 28.3. The minimum atomic E-state index is -4.18. The molecule has 0 bridgehead atoms. The van der Waals surface area contributed by atoms with E-state index in [4.69, 9.17) is 18.4 Å². The van der Waals surface area contributed by atoms with Crippen molar-refractivity contribution in [2.75, 3.05) is 18.5 Å². The zero-order valence-electron chi connectivity index (χ0n) is 23.0. The van der Waals surface area contributed by atoms with Gasteiger partial charge in [-0.05, 0) is 45.0 Å². The molecule has 2 aromatic heterocycles. The Bertz CT molecular complexity index is 1730. The predicted molar refractivity (Wildman–Crippen MR) is 148 cm³/mol. The summed E-state index contributed by atoms with van der Waals surface area (Å²) in [4.78, 5) is 25.7. The van der Waals surface area contributed by atoms with Crippen LogP contribution in [0.2, 0.25) is 0 Å². The molecule has 2 aliphatic heterocycles. The van der Waals surface area contributed by atoms with Gasteiger partial charge in [-0.2, -0.15) is 8.42 Å². The number of carbonyl (C=O) groups excluding carboxylic acids is 1. The Balaban J connectivity index is 1.31. The maximum absolute atomic E-state index is 13.0. The topological polar surface area (TPSA) is 164 Å². The number of amides is 1. The summed E-state index contributed by atoms with van der Waals surface area (Å²) in [6, 6.07) is 14.9. The zero-order valence-corrected chi connectivity index (χ0v) is 23.8. The van der Waals surface area contributed by atoms with Crippen molar-refractivity contribution in [3.8, 4) is 0 Å². The summed E-state index contributed by atoms with van der Waals surface area (Å²) < 4.78 is 51.6. The summed E-state index contributed by atoms with van der Waals surface area (Å²) in [6.45, 7) is 4.08. The van der Waals surface area contributed by atoms with Gasteiger partial charge < -0.3 is 24.6 Å². The normalized spacial score (nSPS) is 25.0. The number of anilines is 1. The standard InChI is InChI=1S/C28H29N5O8S/c1-17-9-11-19(12-10-17)42(36,37)38-14-28(13-34)22-21(39-27(2,3)40-22)26(41-28)33-16-31-20-23(29-15-30-24(20)33)32-25(35)18-7-5-4-6-8-18/h4-12,15-16,21-22,26,34H,13-14H2,1-3H3,(H,29,30,32,35)/t21-,22+,26?,28+/m1/s1. The quantitative estimate of drug-likeness (QED) is 0.288. The molecule has 2 fully saturated rings. The van der Waals surface area contributed by atoms with Gasteiger partial charge in [0.1, 0.15) is 30.7 Å². The summed E-state index contributed by atoms with van der Waals surface area (Å²) in [7, 11) is -4.18. The van der Waals surface area contributed by atoms with Crippen LogP contribution < -0.4 is 5.32 Å². The second-order valence-corrected chi connectivity index (χ2v) is 12.3. The van der Waals surface area contributed by atoms with Crippen LogP contribution in [0.3, 0.4) is 0 Å². The summed E-state index contributed by atoms with van der Waals surface area (Å²) in [6.07, 6.45) is 0.0673. The monoisotopic (exact) mass is 595 g/mol. The molecule has 6 rings (SSSR count). The van der Waals surface area contributed by atoms with Crippen LogP contribution in [0, 0.1) is 6.92 Å². The third-order valence-corrected chi connectivity index (χ3v) is 8.50. The molecule has 2 aliphatic rings. The first-order valence-electron chi connectivity index (χ1n) is 13.2. The molecule has 4 aromatic rings. The van der Waals surface area contributed by atoms with Crippen molar-refractivity contribution in [2.45, 2.75) is 55.5 Å². The Labute approximate surface area is 241 Å². The average molecular weight is 596 g/mol. The van der Waals surface area contributed by atoms with Crippen molar-refractivity contribution < 1.29 is 36.7 Å². The Morgan fingerprint density at radius 1 is 1.05 bits per heavy atom. The van der Waals surface area contributed by atoms with E-state index in [0.29, 0.717) is 16.7 Å². The molecule has 1 amide bonds. The molecule has 0 radical (unpaired) electrons. The van der Waals surface area contributed by atoms with Crippen molar-refractivity contribution in [3.05, 3.63) is 78.4 Å². The fraction of sp³-hybridized carbons (Fsp3) is 0.357. The van der Waals surface area contributed by atoms with Crippen LogP contribution in [0.4, 0.5) is 5.82 Å². The van der Waals surface area contributed by atoms with Crippen molar-refractivity contribution >= 4 is 33.0 Å². The number of aromatic nitrogens is 4. The van der Waals surface area contributed by atoms with E-state index in [1.165, 1.54) is 24.8 Å². The number of aryl methyl sites for hydroxylation is 1. The van der Waals surface area contributed by atoms with E-state index in [9.17, 15) is 18.3 Å². The van der Waals surface area contributed by atoms with Gasteiger partial charge in [0.15, 0.2) is 29.0 Å². The highest BCUT2D eigenvalue weighted by molar-refractivity contribution is 7.86. The smallest absolute Gasteiger partial charge is 0.297 e. The van der Waals surface area contributed by atoms with Crippen LogP contribution in [-0.2, 0) is 28.5 Å². The van der Waals surface area contributed by atoms with Crippen molar-refractivity contribution in [1.82, 2.24) is 19.5 Å². The number of carbonyl (C=O) groups is 1. The zero-order chi connectivity index (χ0) is 29.7. The highest BCUT2D eigenvalue weighted by Crippen LogP contribution is 2.49. The number of ether oxygens (including phenoxy) is 3. The SMILES string of the molecule is Cc1ccc(S(=O)(=O)OC[C@]2(CO)OC(n3cnc4c(NC(=O)c5ccccc5)ncnc43)[C@@H]3OC(C)(C)O[C@@H]32)cc1. The minimum absolute atomic E-state index is 0.0291. The Hall–Kier alpha value is -3.79. The van der Waals surface area contributed by atoms with Crippen molar-refractivity contribution in [1.29, 1.82) is 0 Å². The number of aliphatic hydroxyl groups is 1. The molecular weight excluding hydrogens is 566 g/mol. The van der Waals surface area contributed by atoms with Gasteiger partial charge in [0.25, 0.3) is 16.0 Å². The molecule has 4 atom stereocenters. The third kappa shape index (κ3) is 5.06. The lowest BCUT2D eigenvalue weighted by molar-refractivity contribution is -0.231. The molecule has 2 aromatic carbocycles. The predicted octanol–water partition coefficient (Wildman–Crippen LogP) is 2.57. The van der Waals surface area contributed by atoms with E-state index in [-0.39, 0.29) is 16.6 Å². The number of aliphatic hydroxyl groups excluding tert-OH is 1. The molecule has 1 unspecified atom stereocenters. The fourth-order valence-corrected chi connectivity index (χ4v) is 6.09. The number of benzene rings is 2. The average Bonchev–Trinajstić information content (AvgIpc) is 3.63. The van der Waals surface area contributed by atoms with Crippen LogP contribution in [0.5, 0.6) is 0 Å². The van der Waals surface area contributed by atoms with E-state index in [1.807, 2.05) is 13.0 Å². The maximum atomic E-state index is 13.0. The first-order chi connectivity index (χ1) is 20.0. The maximum Gasteiger partial charge on any atom is 0.297 e. The molecular formula is C28H29N5O8S. The second kappa shape index (κ2) is 10.5. The van der Waals surface area contributed by atoms with Gasteiger partial charge in [-0.1, -0.05) is 35.9 Å². The van der Waals surface area contributed by atoms with Gasteiger partial charge in [-0.15, -0.1) is 0 Å². The van der Waals surface area contributed by atoms with Crippen LogP contribution in [-0.4, -0.2) is 75.8 Å². The number of imidazole rings is 1. The minimum Gasteiger partial charge on any atom is -0.393 e. The molecule has 2 N–H and O–H groups in total. The lowest BCUT2D eigenvalue weighted by Gasteiger charge is -2.32. The van der Waals surface area contributed by atoms with Crippen molar-refractivity contribution in [2.24, 2.45) is 0 Å². The molecule has 42 heavy (non-hydrogen) atoms. The Morgan fingerprint density at radius 3 is 2.50 bits per heavy atom. The van der Waals surface area contributed by atoms with E-state index in [0.717, 1.165) is 5.56 Å². The summed E-state index contributed by atoms with van der Waals surface area (Å²) in [5, 5.41) is 13.3. The highest BCUT2D eigenvalue weighted by Gasteiger charge is 2.64. The fourth-order valence-electron chi connectivity index (χ4n) is 5.13. The lowest BCUT2D eigenvalue weighted by Crippen LogP contribution is -2.50. The van der Waals surface area contributed by atoms with Crippen LogP contribution >= 0.6 is 0 Å². The molecule has 4 heterocycles. The molecule has 0 spiro atoms. The van der Waals surface area contributed by atoms with Gasteiger partial charge in [-0.3, -0.25) is 13.5 Å². The number of fused-ring (bicyclic) bond motifs is 2. The lowest BCUT2D eigenvalue weighted by atomic mass is 9.97. The third-order valence-electron chi connectivity index (χ3n) is 7.22. The first-order valence-corrected chi connectivity index (χ1v) is 14.6. The molecule has 220 valence electrons. The molecule has 0 saturated carbocycles. The molecule has 13 nitrogen and oxygen atoms in total. The number of hydrogen-bond donors (Lipinski definition) is 2. The van der Waals surface area contributed by atoms with E-state index < -0.39 is 53.2 Å². The van der Waals surface area contributed by atoms with Crippen molar-refractivity contribution in [3.63, 3.8) is 0 Å². The molecule has 0 aliphatic carbocycles. The largest absolute Gasteiger partial charge is 0.393 e. The Morgan fingerprint density at radius 2 is 1.79 bits per heavy atom. The van der Waals surface area contributed by atoms with Gasteiger partial charge >= 0.3 is 0 Å². The molecule has 2 saturated heterocycles. The van der Waals surface area contributed by atoms with E-state index in [2.05, 4.69) is 20.3 Å². The summed E-state index contributed by atoms with van der Waals surface area (Å²) in [5.41, 5.74) is 0.322. The number of nitrogens with zero attached hydrogens (tertiary/aromatic N) is 4. The molecule has 14 heteroatoms. The van der Waals surface area contributed by atoms with Gasteiger partial charge in [-0.25, -0.2) is 15.0 Å².